The Labute approximate surface area is 238 Å². The number of halogens is 3. The minimum atomic E-state index is -4.18. The third-order valence-corrected chi connectivity index (χ3v) is 8.43. The molecule has 3 aromatic carbocycles. The van der Waals surface area contributed by atoms with Crippen LogP contribution in [0.2, 0.25) is 15.1 Å². The van der Waals surface area contributed by atoms with Crippen LogP contribution in [0, 0.1) is 0 Å². The van der Waals surface area contributed by atoms with Gasteiger partial charge in [0, 0.05) is 33.2 Å². The summed E-state index contributed by atoms with van der Waals surface area (Å²) in [6, 6.07) is 17.7. The van der Waals surface area contributed by atoms with Gasteiger partial charge in [0.25, 0.3) is 10.0 Å². The molecule has 0 heterocycles. The van der Waals surface area contributed by atoms with E-state index < -0.39 is 34.4 Å². The van der Waals surface area contributed by atoms with Crippen LogP contribution in [0.4, 0.5) is 5.69 Å². The van der Waals surface area contributed by atoms with E-state index in [9.17, 15) is 18.0 Å². The smallest absolute Gasteiger partial charge is 0.264 e. The highest BCUT2D eigenvalue weighted by Crippen LogP contribution is 2.29. The van der Waals surface area contributed by atoms with Gasteiger partial charge in [0.05, 0.1) is 10.6 Å². The van der Waals surface area contributed by atoms with Gasteiger partial charge in [0.2, 0.25) is 11.8 Å². The van der Waals surface area contributed by atoms with Crippen LogP contribution in [0.1, 0.15) is 26.3 Å². The van der Waals surface area contributed by atoms with Crippen LogP contribution >= 0.6 is 34.8 Å². The number of amides is 2. The van der Waals surface area contributed by atoms with E-state index in [-0.39, 0.29) is 23.2 Å². The van der Waals surface area contributed by atoms with Crippen LogP contribution < -0.4 is 9.62 Å². The Hall–Kier alpha value is -2.78. The lowest BCUT2D eigenvalue weighted by atomic mass is 10.1. The average Bonchev–Trinajstić information content (AvgIpc) is 2.86. The molecule has 0 aromatic heterocycles. The van der Waals surface area contributed by atoms with E-state index in [1.807, 2.05) is 0 Å². The van der Waals surface area contributed by atoms with Gasteiger partial charge in [-0.2, -0.15) is 0 Å². The van der Waals surface area contributed by atoms with Crippen molar-refractivity contribution in [3.05, 3.63) is 93.4 Å². The van der Waals surface area contributed by atoms with Gasteiger partial charge in [0.1, 0.15) is 12.6 Å². The number of sulfonamides is 1. The first-order chi connectivity index (χ1) is 17.9. The Bertz CT molecular complexity index is 1380. The van der Waals surface area contributed by atoms with E-state index in [4.69, 9.17) is 34.8 Å². The Kier molecular flexibility index (Phi) is 10.1. The van der Waals surface area contributed by atoms with Crippen molar-refractivity contribution in [2.24, 2.45) is 0 Å². The van der Waals surface area contributed by atoms with E-state index in [0.717, 1.165) is 4.31 Å². The number of nitrogens with zero attached hydrogens (tertiary/aromatic N) is 2. The predicted molar refractivity (Wildman–Crippen MR) is 152 cm³/mol. The fourth-order valence-corrected chi connectivity index (χ4v) is 5.85. The molecule has 202 valence electrons. The molecule has 0 unspecified atom stereocenters. The summed E-state index contributed by atoms with van der Waals surface area (Å²) in [7, 11) is -4.18. The minimum Gasteiger partial charge on any atom is -0.352 e. The molecule has 0 spiro atoms. The van der Waals surface area contributed by atoms with Crippen LogP contribution in [0.5, 0.6) is 0 Å². The summed E-state index contributed by atoms with van der Waals surface area (Å²) in [5.74, 6) is -1.04. The highest BCUT2D eigenvalue weighted by molar-refractivity contribution is 7.92. The third-order valence-electron chi connectivity index (χ3n) is 5.69. The monoisotopic (exact) mass is 595 g/mol. The Morgan fingerprint density at radius 3 is 2.05 bits per heavy atom. The van der Waals surface area contributed by atoms with Gasteiger partial charge in [-0.25, -0.2) is 8.42 Å². The number of carbonyl (C=O) groups excluding carboxylic acids is 2. The lowest BCUT2D eigenvalue weighted by molar-refractivity contribution is -0.139. The molecule has 0 saturated heterocycles. The van der Waals surface area contributed by atoms with Gasteiger partial charge in [-0.3, -0.25) is 13.9 Å². The summed E-state index contributed by atoms with van der Waals surface area (Å²) in [5, 5.41) is 3.72. The maximum absolute atomic E-state index is 13.9. The SMILES string of the molecule is CC(C)NC(=O)[C@@H](C)N(Cc1c(Cl)cccc1Cl)C(=O)CN(c1cccc(Cl)c1)S(=O)(=O)c1ccccc1. The first-order valence-corrected chi connectivity index (χ1v) is 14.3. The van der Waals surface area contributed by atoms with Crippen molar-refractivity contribution >= 4 is 62.3 Å². The summed E-state index contributed by atoms with van der Waals surface area (Å²) in [4.78, 5) is 28.1. The number of benzene rings is 3. The first kappa shape index (κ1) is 29.8. The van der Waals surface area contributed by atoms with E-state index in [0.29, 0.717) is 20.6 Å². The van der Waals surface area contributed by atoms with Crippen molar-refractivity contribution in [2.45, 2.75) is 44.3 Å². The molecule has 7 nitrogen and oxygen atoms in total. The van der Waals surface area contributed by atoms with E-state index in [1.54, 1.807) is 75.4 Å². The molecule has 0 saturated carbocycles. The van der Waals surface area contributed by atoms with Gasteiger partial charge in [-0.1, -0.05) is 65.1 Å². The highest BCUT2D eigenvalue weighted by Gasteiger charge is 2.33. The molecule has 0 fully saturated rings. The summed E-state index contributed by atoms with van der Waals surface area (Å²) in [5.41, 5.74) is 0.637. The molecule has 11 heteroatoms. The molecule has 1 atom stereocenters. The minimum absolute atomic E-state index is 0.000858. The van der Waals surface area contributed by atoms with Crippen molar-refractivity contribution in [1.82, 2.24) is 10.2 Å². The largest absolute Gasteiger partial charge is 0.352 e. The zero-order chi connectivity index (χ0) is 28.0. The van der Waals surface area contributed by atoms with Gasteiger partial charge in [-0.05, 0) is 63.2 Å². The van der Waals surface area contributed by atoms with Crippen molar-refractivity contribution in [1.29, 1.82) is 0 Å². The van der Waals surface area contributed by atoms with E-state index >= 15 is 0 Å². The van der Waals surface area contributed by atoms with Crippen molar-refractivity contribution < 1.29 is 18.0 Å². The number of hydrogen-bond donors (Lipinski definition) is 1. The zero-order valence-electron chi connectivity index (χ0n) is 21.1. The molecule has 2 amide bonds. The molecule has 3 rings (SSSR count). The maximum atomic E-state index is 13.9. The van der Waals surface area contributed by atoms with E-state index in [2.05, 4.69) is 5.32 Å². The van der Waals surface area contributed by atoms with Gasteiger partial charge >= 0.3 is 0 Å². The quantitative estimate of drug-likeness (QED) is 0.321. The molecule has 0 aliphatic carbocycles. The molecule has 1 N–H and O–H groups in total. The van der Waals surface area contributed by atoms with Gasteiger partial charge in [-0.15, -0.1) is 0 Å². The van der Waals surface area contributed by atoms with Crippen LogP contribution in [-0.4, -0.2) is 43.8 Å². The van der Waals surface area contributed by atoms with Gasteiger partial charge < -0.3 is 10.2 Å². The molecular weight excluding hydrogens is 569 g/mol. The Morgan fingerprint density at radius 1 is 0.868 bits per heavy atom. The molecular formula is C27H28Cl3N3O4S. The molecule has 38 heavy (non-hydrogen) atoms. The molecule has 0 aliphatic rings. The number of anilines is 1. The Balaban J connectivity index is 2.06. The second kappa shape index (κ2) is 12.8. The van der Waals surface area contributed by atoms with Crippen molar-refractivity contribution in [3.63, 3.8) is 0 Å². The van der Waals surface area contributed by atoms with Crippen LogP contribution in [0.3, 0.4) is 0 Å². The van der Waals surface area contributed by atoms with Crippen LogP contribution in [0.25, 0.3) is 0 Å². The second-order valence-corrected chi connectivity index (χ2v) is 12.0. The third kappa shape index (κ3) is 7.20. The predicted octanol–water partition coefficient (Wildman–Crippen LogP) is 5.78. The molecule has 0 aliphatic heterocycles. The maximum Gasteiger partial charge on any atom is 0.264 e. The van der Waals surface area contributed by atoms with Crippen molar-refractivity contribution in [3.8, 4) is 0 Å². The summed E-state index contributed by atoms with van der Waals surface area (Å²) in [6.07, 6.45) is 0. The molecule has 0 radical (unpaired) electrons. The van der Waals surface area contributed by atoms with Crippen molar-refractivity contribution in [2.75, 3.05) is 10.8 Å². The number of nitrogens with one attached hydrogen (secondary N) is 1. The molecule has 3 aromatic rings. The van der Waals surface area contributed by atoms with Crippen LogP contribution in [-0.2, 0) is 26.2 Å². The Morgan fingerprint density at radius 2 is 1.47 bits per heavy atom. The zero-order valence-corrected chi connectivity index (χ0v) is 24.2. The average molecular weight is 597 g/mol. The topological polar surface area (TPSA) is 86.8 Å². The summed E-state index contributed by atoms with van der Waals surface area (Å²) in [6.45, 7) is 4.46. The highest BCUT2D eigenvalue weighted by atomic mass is 35.5. The lowest BCUT2D eigenvalue weighted by Gasteiger charge is -2.32. The fourth-order valence-electron chi connectivity index (χ4n) is 3.72. The molecule has 0 bridgehead atoms. The van der Waals surface area contributed by atoms with Crippen LogP contribution in [0.15, 0.2) is 77.7 Å². The lowest BCUT2D eigenvalue weighted by Crippen LogP contribution is -2.52. The fraction of sp³-hybridized carbons (Fsp3) is 0.259. The number of hydrogen-bond acceptors (Lipinski definition) is 4. The summed E-state index contributed by atoms with van der Waals surface area (Å²) >= 11 is 18.9. The second-order valence-electron chi connectivity index (χ2n) is 8.87. The normalized spacial score (nSPS) is 12.2. The van der Waals surface area contributed by atoms with E-state index in [1.165, 1.54) is 23.1 Å². The summed E-state index contributed by atoms with van der Waals surface area (Å²) < 4.78 is 28.4. The first-order valence-electron chi connectivity index (χ1n) is 11.8. The number of carbonyl (C=O) groups is 2. The van der Waals surface area contributed by atoms with Gasteiger partial charge in [0.15, 0.2) is 0 Å². The standard InChI is InChI=1S/C27H28Cl3N3O4S/c1-18(2)31-27(35)19(3)32(16-23-24(29)13-8-14-25(23)30)26(34)17-33(21-10-7-9-20(28)15-21)38(36,37)22-11-5-4-6-12-22/h4-15,18-19H,16-17H2,1-3H3,(H,31,35)/t19-/m1/s1. The number of rotatable bonds is 10.